The van der Waals surface area contributed by atoms with Crippen molar-refractivity contribution in [2.75, 3.05) is 5.43 Å². The third-order valence-corrected chi connectivity index (χ3v) is 3.43. The number of nitrogens with zero attached hydrogens (tertiary/aromatic N) is 4. The fraction of sp³-hybridized carbons (Fsp3) is 0.0556. The van der Waals surface area contributed by atoms with Crippen LogP contribution >= 0.6 is 0 Å². The highest BCUT2D eigenvalue weighted by atomic mass is 16.6. The van der Waals surface area contributed by atoms with Crippen LogP contribution < -0.4 is 5.43 Å². The number of aromatic nitrogens is 2. The Morgan fingerprint density at radius 1 is 1.08 bits per heavy atom. The molecule has 0 amide bonds. The topological polar surface area (TPSA) is 93.3 Å². The minimum absolute atomic E-state index is 0.0109. The molecule has 0 fully saturated rings. The van der Waals surface area contributed by atoms with Crippen LogP contribution in [0.5, 0.6) is 0 Å². The quantitative estimate of drug-likeness (QED) is 0.435. The van der Waals surface area contributed by atoms with Gasteiger partial charge in [-0.3, -0.25) is 10.1 Å². The summed E-state index contributed by atoms with van der Waals surface area (Å²) in [5.74, 6) is 0.327. The van der Waals surface area contributed by atoms with Crippen LogP contribution in [0.3, 0.4) is 0 Å². The van der Waals surface area contributed by atoms with E-state index in [-0.39, 0.29) is 5.69 Å². The zero-order valence-electron chi connectivity index (χ0n) is 13.5. The first kappa shape index (κ1) is 16.3. The van der Waals surface area contributed by atoms with E-state index >= 15 is 0 Å². The normalized spacial score (nSPS) is 10.8. The molecule has 0 saturated carbocycles. The van der Waals surface area contributed by atoms with E-state index in [4.69, 9.17) is 0 Å². The van der Waals surface area contributed by atoms with Gasteiger partial charge in [-0.2, -0.15) is 5.10 Å². The lowest BCUT2D eigenvalue weighted by Crippen LogP contribution is -2.01. The Hall–Kier alpha value is -3.61. The summed E-state index contributed by atoms with van der Waals surface area (Å²) >= 11 is 0. The number of hydrogen-bond acceptors (Lipinski definition) is 6. The van der Waals surface area contributed by atoms with Gasteiger partial charge in [0, 0.05) is 17.3 Å². The molecule has 0 saturated heterocycles. The van der Waals surface area contributed by atoms with Crippen molar-refractivity contribution in [3.63, 3.8) is 0 Å². The first-order valence-corrected chi connectivity index (χ1v) is 7.57. The fourth-order valence-corrected chi connectivity index (χ4v) is 2.30. The number of benzene rings is 2. The molecule has 3 rings (SSSR count). The molecule has 0 aliphatic carbocycles. The van der Waals surface area contributed by atoms with Crippen LogP contribution in [0.25, 0.3) is 11.3 Å². The van der Waals surface area contributed by atoms with E-state index in [1.807, 2.05) is 43.3 Å². The highest BCUT2D eigenvalue weighted by Crippen LogP contribution is 2.19. The summed E-state index contributed by atoms with van der Waals surface area (Å²) in [5, 5.41) is 15.0. The second-order valence-electron chi connectivity index (χ2n) is 5.27. The number of anilines is 1. The van der Waals surface area contributed by atoms with Crippen LogP contribution in [0, 0.1) is 17.0 Å². The molecule has 7 nitrogen and oxygen atoms in total. The molecule has 7 heteroatoms. The molecule has 0 aliphatic rings. The number of aryl methyl sites for hydroxylation is 1. The number of nitro benzene ring substituents is 1. The van der Waals surface area contributed by atoms with Gasteiger partial charge >= 0.3 is 0 Å². The summed E-state index contributed by atoms with van der Waals surface area (Å²) in [5.41, 5.74) is 5.66. The Kier molecular flexibility index (Phi) is 4.75. The molecule has 2 aromatic carbocycles. The molecule has 1 heterocycles. The van der Waals surface area contributed by atoms with Crippen molar-refractivity contribution in [3.05, 3.63) is 82.0 Å². The number of hydrazone groups is 1. The van der Waals surface area contributed by atoms with Gasteiger partial charge in [0.2, 0.25) is 5.95 Å². The number of nitrogens with one attached hydrogen (secondary N) is 1. The third kappa shape index (κ3) is 4.03. The van der Waals surface area contributed by atoms with E-state index in [2.05, 4.69) is 20.5 Å². The van der Waals surface area contributed by atoms with E-state index in [1.54, 1.807) is 18.2 Å². The van der Waals surface area contributed by atoms with Crippen molar-refractivity contribution in [2.45, 2.75) is 6.92 Å². The van der Waals surface area contributed by atoms with E-state index in [1.165, 1.54) is 12.3 Å². The van der Waals surface area contributed by atoms with Crippen molar-refractivity contribution in [1.82, 2.24) is 9.97 Å². The number of hydrogen-bond donors (Lipinski definition) is 1. The lowest BCUT2D eigenvalue weighted by Gasteiger charge is -2.05. The molecule has 1 aromatic heterocycles. The van der Waals surface area contributed by atoms with Crippen molar-refractivity contribution >= 4 is 17.9 Å². The molecule has 0 atom stereocenters. The smallest absolute Gasteiger partial charge is 0.258 e. The minimum Gasteiger partial charge on any atom is -0.258 e. The summed E-state index contributed by atoms with van der Waals surface area (Å²) in [6.45, 7) is 1.87. The predicted octanol–water partition coefficient (Wildman–Crippen LogP) is 3.81. The first-order valence-electron chi connectivity index (χ1n) is 7.57. The second kappa shape index (κ2) is 7.31. The van der Waals surface area contributed by atoms with Gasteiger partial charge in [-0.25, -0.2) is 15.4 Å². The Labute approximate surface area is 144 Å². The number of nitro groups is 1. The van der Waals surface area contributed by atoms with Gasteiger partial charge in [0.05, 0.1) is 22.4 Å². The maximum Gasteiger partial charge on any atom is 0.278 e. The van der Waals surface area contributed by atoms with Crippen LogP contribution in [-0.2, 0) is 0 Å². The average molecular weight is 333 g/mol. The highest BCUT2D eigenvalue weighted by Gasteiger charge is 2.10. The summed E-state index contributed by atoms with van der Waals surface area (Å²) in [4.78, 5) is 19.3. The van der Waals surface area contributed by atoms with Gasteiger partial charge in [-0.05, 0) is 19.1 Å². The van der Waals surface area contributed by atoms with Crippen LogP contribution in [0.1, 0.15) is 11.3 Å². The van der Waals surface area contributed by atoms with E-state index in [9.17, 15) is 10.1 Å². The van der Waals surface area contributed by atoms with Crippen molar-refractivity contribution < 1.29 is 4.92 Å². The zero-order chi connectivity index (χ0) is 17.6. The van der Waals surface area contributed by atoms with Crippen molar-refractivity contribution in [1.29, 1.82) is 0 Å². The fourth-order valence-electron chi connectivity index (χ4n) is 2.30. The molecular weight excluding hydrogens is 318 g/mol. The predicted molar refractivity (Wildman–Crippen MR) is 96.5 cm³/mol. The maximum absolute atomic E-state index is 11.0. The molecule has 0 aliphatic heterocycles. The van der Waals surface area contributed by atoms with E-state index < -0.39 is 4.92 Å². The molecule has 25 heavy (non-hydrogen) atoms. The summed E-state index contributed by atoms with van der Waals surface area (Å²) in [7, 11) is 0. The molecule has 0 radical (unpaired) electrons. The minimum atomic E-state index is -0.446. The van der Waals surface area contributed by atoms with Gasteiger partial charge in [0.15, 0.2) is 0 Å². The number of para-hydroxylation sites is 1. The molecule has 0 unspecified atom stereocenters. The second-order valence-corrected chi connectivity index (χ2v) is 5.27. The summed E-state index contributed by atoms with van der Waals surface area (Å²) in [6, 6.07) is 18.0. The van der Waals surface area contributed by atoms with Gasteiger partial charge < -0.3 is 0 Å². The van der Waals surface area contributed by atoms with Crippen LogP contribution in [-0.4, -0.2) is 21.1 Å². The van der Waals surface area contributed by atoms with Gasteiger partial charge in [0.25, 0.3) is 5.69 Å². The molecule has 0 bridgehead atoms. The Bertz CT molecular complexity index is 926. The zero-order valence-corrected chi connectivity index (χ0v) is 13.5. The lowest BCUT2D eigenvalue weighted by molar-refractivity contribution is -0.385. The first-order chi connectivity index (χ1) is 12.1. The molecular formula is C18H15N5O2. The van der Waals surface area contributed by atoms with Gasteiger partial charge in [-0.15, -0.1) is 0 Å². The maximum atomic E-state index is 11.0. The van der Waals surface area contributed by atoms with E-state index in [0.29, 0.717) is 11.5 Å². The SMILES string of the molecule is Cc1cc(-c2ccccc2)nc(N/N=C\c2ccccc2[N+](=O)[O-])n1. The third-order valence-electron chi connectivity index (χ3n) is 3.43. The highest BCUT2D eigenvalue weighted by molar-refractivity contribution is 5.85. The standard InChI is InChI=1S/C18H15N5O2/c1-13-11-16(14-7-3-2-4-8-14)21-18(20-13)22-19-12-15-9-5-6-10-17(15)23(24)25/h2-12H,1H3,(H,20,21,22)/b19-12-. The molecule has 3 aromatic rings. The monoisotopic (exact) mass is 333 g/mol. The van der Waals surface area contributed by atoms with Crippen LogP contribution in [0.4, 0.5) is 11.6 Å². The molecule has 1 N–H and O–H groups in total. The Morgan fingerprint density at radius 3 is 2.56 bits per heavy atom. The Morgan fingerprint density at radius 2 is 1.80 bits per heavy atom. The lowest BCUT2D eigenvalue weighted by atomic mass is 10.1. The van der Waals surface area contributed by atoms with Crippen LogP contribution in [0.15, 0.2) is 65.8 Å². The van der Waals surface area contributed by atoms with E-state index in [0.717, 1.165) is 17.0 Å². The summed E-state index contributed by atoms with van der Waals surface area (Å²) < 4.78 is 0. The van der Waals surface area contributed by atoms with Gasteiger partial charge in [0.1, 0.15) is 0 Å². The Balaban J connectivity index is 1.82. The number of rotatable bonds is 5. The van der Waals surface area contributed by atoms with Gasteiger partial charge in [-0.1, -0.05) is 42.5 Å². The van der Waals surface area contributed by atoms with Crippen LogP contribution in [0.2, 0.25) is 0 Å². The largest absolute Gasteiger partial charge is 0.278 e. The molecule has 0 spiro atoms. The molecule has 124 valence electrons. The van der Waals surface area contributed by atoms with Crippen molar-refractivity contribution in [2.24, 2.45) is 5.10 Å². The van der Waals surface area contributed by atoms with Crippen molar-refractivity contribution in [3.8, 4) is 11.3 Å². The average Bonchev–Trinajstić information content (AvgIpc) is 2.62. The summed E-state index contributed by atoms with van der Waals surface area (Å²) in [6.07, 6.45) is 1.38.